The molecular weight excluding hydrogens is 366 g/mol. The van der Waals surface area contributed by atoms with Gasteiger partial charge < -0.3 is 25.8 Å². The summed E-state index contributed by atoms with van der Waals surface area (Å²) < 4.78 is 5.68. The number of unbranched alkanes of at least 4 members (excludes halogenated alkanes) is 1. The van der Waals surface area contributed by atoms with E-state index in [1.807, 2.05) is 18.2 Å². The lowest BCUT2D eigenvalue weighted by molar-refractivity contribution is -0.136. The van der Waals surface area contributed by atoms with E-state index in [1.165, 1.54) is 6.92 Å². The van der Waals surface area contributed by atoms with Gasteiger partial charge in [0.1, 0.15) is 5.75 Å². The lowest BCUT2D eigenvalue weighted by Crippen LogP contribution is -2.36. The Morgan fingerprint density at radius 2 is 1.93 bits per heavy atom. The number of carbonyl (C=O) groups excluding carboxylic acids is 1. The summed E-state index contributed by atoms with van der Waals surface area (Å²) in [7, 11) is 0. The topological polar surface area (TPSA) is 99.7 Å². The number of anilines is 1. The van der Waals surface area contributed by atoms with Gasteiger partial charge in [0.15, 0.2) is 5.11 Å². The van der Waals surface area contributed by atoms with Crippen LogP contribution in [0.4, 0.5) is 5.69 Å². The molecule has 0 fully saturated rings. The van der Waals surface area contributed by atoms with Crippen LogP contribution in [-0.4, -0.2) is 41.8 Å². The largest absolute Gasteiger partial charge is 0.494 e. The van der Waals surface area contributed by atoms with Crippen LogP contribution in [0.15, 0.2) is 18.2 Å². The van der Waals surface area contributed by atoms with Crippen LogP contribution < -0.4 is 20.7 Å². The number of carbonyl (C=O) groups is 2. The molecule has 0 aliphatic carbocycles. The zero-order valence-corrected chi connectivity index (χ0v) is 16.8. The number of rotatable bonds is 12. The molecule has 0 aromatic heterocycles. The molecule has 0 saturated heterocycles. The van der Waals surface area contributed by atoms with Crippen molar-refractivity contribution in [3.8, 4) is 5.75 Å². The average Bonchev–Trinajstić information content (AvgIpc) is 2.60. The van der Waals surface area contributed by atoms with E-state index >= 15 is 0 Å². The minimum absolute atomic E-state index is 0.0319. The molecule has 1 aromatic carbocycles. The van der Waals surface area contributed by atoms with Crippen LogP contribution >= 0.6 is 12.2 Å². The fourth-order valence-electron chi connectivity index (χ4n) is 2.39. The minimum atomic E-state index is -0.856. The Morgan fingerprint density at radius 1 is 1.19 bits per heavy atom. The third-order valence-electron chi connectivity index (χ3n) is 3.64. The zero-order chi connectivity index (χ0) is 20.1. The van der Waals surface area contributed by atoms with Gasteiger partial charge in [0.2, 0.25) is 5.91 Å². The molecule has 0 aliphatic rings. The smallest absolute Gasteiger partial charge is 0.305 e. The molecule has 0 bridgehead atoms. The first-order valence-electron chi connectivity index (χ1n) is 9.19. The molecule has 1 aromatic rings. The Bertz CT molecular complexity index is 637. The third kappa shape index (κ3) is 10.4. The van der Waals surface area contributed by atoms with Crippen molar-refractivity contribution in [2.75, 3.05) is 25.0 Å². The van der Waals surface area contributed by atoms with Gasteiger partial charge in [0, 0.05) is 25.7 Å². The summed E-state index contributed by atoms with van der Waals surface area (Å²) in [5.74, 6) is -0.147. The maximum atomic E-state index is 11.4. The molecule has 1 amide bonds. The molecule has 7 nitrogen and oxygen atoms in total. The maximum absolute atomic E-state index is 11.4. The number of aryl methyl sites for hydroxylation is 1. The van der Waals surface area contributed by atoms with Crippen molar-refractivity contribution in [3.63, 3.8) is 0 Å². The van der Waals surface area contributed by atoms with Crippen LogP contribution in [0.25, 0.3) is 0 Å². The van der Waals surface area contributed by atoms with Gasteiger partial charge in [-0.15, -0.1) is 0 Å². The molecule has 0 atom stereocenters. The summed E-state index contributed by atoms with van der Waals surface area (Å²) >= 11 is 5.10. The van der Waals surface area contributed by atoms with Gasteiger partial charge in [-0.05, 0) is 61.7 Å². The molecule has 27 heavy (non-hydrogen) atoms. The second-order valence-corrected chi connectivity index (χ2v) is 6.54. The Labute approximate surface area is 165 Å². The first-order chi connectivity index (χ1) is 12.9. The standard InChI is InChI=1S/C19H29N3O4S/c1-3-12-26-16-7-8-17(22-14(2)23)15(13-16)6-4-5-10-20-19(27)21-11-9-18(24)25/h7-8,13H,3-6,9-12H2,1-2H3,(H,22,23)(H,24,25)(H2,20,21,27). The fraction of sp³-hybridized carbons (Fsp3) is 0.526. The summed E-state index contributed by atoms with van der Waals surface area (Å²) in [6.07, 6.45) is 3.58. The van der Waals surface area contributed by atoms with Crippen LogP contribution in [0.5, 0.6) is 5.75 Å². The summed E-state index contributed by atoms with van der Waals surface area (Å²) in [4.78, 5) is 21.8. The number of amides is 1. The van der Waals surface area contributed by atoms with Gasteiger partial charge in [0.05, 0.1) is 13.0 Å². The Hall–Kier alpha value is -2.35. The lowest BCUT2D eigenvalue weighted by Gasteiger charge is -2.13. The SMILES string of the molecule is CCCOc1ccc(NC(C)=O)c(CCCCNC(=S)NCCC(=O)O)c1. The second-order valence-electron chi connectivity index (χ2n) is 6.13. The normalized spacial score (nSPS) is 10.1. The summed E-state index contributed by atoms with van der Waals surface area (Å²) in [5.41, 5.74) is 1.85. The first kappa shape index (κ1) is 22.7. The predicted octanol–water partition coefficient (Wildman–Crippen LogP) is 2.70. The summed E-state index contributed by atoms with van der Waals surface area (Å²) in [6.45, 7) is 5.22. The van der Waals surface area contributed by atoms with E-state index in [0.29, 0.717) is 24.8 Å². The zero-order valence-electron chi connectivity index (χ0n) is 16.0. The van der Waals surface area contributed by atoms with Crippen molar-refractivity contribution >= 4 is 34.9 Å². The van der Waals surface area contributed by atoms with Crippen molar-refractivity contribution in [1.82, 2.24) is 10.6 Å². The van der Waals surface area contributed by atoms with Gasteiger partial charge in [0.25, 0.3) is 0 Å². The number of aliphatic carboxylic acids is 1. The van der Waals surface area contributed by atoms with Crippen LogP contribution in [0.1, 0.15) is 45.1 Å². The number of nitrogens with one attached hydrogen (secondary N) is 3. The number of hydrogen-bond donors (Lipinski definition) is 4. The summed E-state index contributed by atoms with van der Waals surface area (Å²) in [5, 5.41) is 17.8. The highest BCUT2D eigenvalue weighted by Crippen LogP contribution is 2.24. The summed E-state index contributed by atoms with van der Waals surface area (Å²) in [6, 6.07) is 5.72. The number of ether oxygens (including phenoxy) is 1. The maximum Gasteiger partial charge on any atom is 0.305 e. The first-order valence-corrected chi connectivity index (χ1v) is 9.60. The van der Waals surface area contributed by atoms with E-state index in [9.17, 15) is 9.59 Å². The quantitative estimate of drug-likeness (QED) is 0.319. The van der Waals surface area contributed by atoms with E-state index in [2.05, 4.69) is 22.9 Å². The Morgan fingerprint density at radius 3 is 2.59 bits per heavy atom. The Kier molecular flexibility index (Phi) is 10.9. The number of hydrogen-bond acceptors (Lipinski definition) is 4. The van der Waals surface area contributed by atoms with E-state index in [4.69, 9.17) is 22.1 Å². The number of carboxylic acids is 1. The van der Waals surface area contributed by atoms with Gasteiger partial charge in [-0.25, -0.2) is 0 Å². The van der Waals surface area contributed by atoms with E-state index in [0.717, 1.165) is 42.7 Å². The highest BCUT2D eigenvalue weighted by atomic mass is 32.1. The van der Waals surface area contributed by atoms with Crippen molar-refractivity contribution in [2.45, 2.75) is 46.0 Å². The third-order valence-corrected chi connectivity index (χ3v) is 3.93. The Balaban J connectivity index is 2.43. The van der Waals surface area contributed by atoms with Crippen LogP contribution in [-0.2, 0) is 16.0 Å². The number of carboxylic acid groups (broad SMARTS) is 1. The lowest BCUT2D eigenvalue weighted by atomic mass is 10.1. The molecule has 150 valence electrons. The van der Waals surface area contributed by atoms with Gasteiger partial charge in [-0.3, -0.25) is 9.59 Å². The monoisotopic (exact) mass is 395 g/mol. The molecule has 1 rings (SSSR count). The molecule has 0 heterocycles. The molecule has 4 N–H and O–H groups in total. The molecule has 8 heteroatoms. The second kappa shape index (κ2) is 12.9. The molecule has 0 spiro atoms. The average molecular weight is 396 g/mol. The molecule has 0 unspecified atom stereocenters. The fourth-order valence-corrected chi connectivity index (χ4v) is 2.59. The number of thiocarbonyl (C=S) groups is 1. The van der Waals surface area contributed by atoms with Crippen LogP contribution in [0, 0.1) is 0 Å². The van der Waals surface area contributed by atoms with Gasteiger partial charge in [-0.1, -0.05) is 6.92 Å². The van der Waals surface area contributed by atoms with Gasteiger partial charge in [-0.2, -0.15) is 0 Å². The molecule has 0 radical (unpaired) electrons. The highest BCUT2D eigenvalue weighted by Gasteiger charge is 2.07. The van der Waals surface area contributed by atoms with E-state index < -0.39 is 5.97 Å². The van der Waals surface area contributed by atoms with Crippen molar-refractivity contribution in [1.29, 1.82) is 0 Å². The van der Waals surface area contributed by atoms with E-state index in [-0.39, 0.29) is 12.3 Å². The van der Waals surface area contributed by atoms with Crippen molar-refractivity contribution in [2.24, 2.45) is 0 Å². The molecular formula is C19H29N3O4S. The molecule has 0 saturated carbocycles. The van der Waals surface area contributed by atoms with Crippen LogP contribution in [0.2, 0.25) is 0 Å². The number of benzene rings is 1. The molecule has 0 aliphatic heterocycles. The van der Waals surface area contributed by atoms with Gasteiger partial charge >= 0.3 is 5.97 Å². The van der Waals surface area contributed by atoms with E-state index in [1.54, 1.807) is 0 Å². The van der Waals surface area contributed by atoms with Crippen molar-refractivity contribution in [3.05, 3.63) is 23.8 Å². The van der Waals surface area contributed by atoms with Crippen LogP contribution in [0.3, 0.4) is 0 Å². The van der Waals surface area contributed by atoms with Crippen molar-refractivity contribution < 1.29 is 19.4 Å². The minimum Gasteiger partial charge on any atom is -0.494 e. The predicted molar refractivity (Wildman–Crippen MR) is 110 cm³/mol. The highest BCUT2D eigenvalue weighted by molar-refractivity contribution is 7.80.